The molecule has 2 nitrogen and oxygen atoms in total. The molecule has 0 bridgehead atoms. The molecule has 2 aromatic rings. The van der Waals surface area contributed by atoms with Crippen molar-refractivity contribution in [3.8, 4) is 0 Å². The Morgan fingerprint density at radius 1 is 1.04 bits per heavy atom. The average Bonchev–Trinajstić information content (AvgIpc) is 2.74. The van der Waals surface area contributed by atoms with Crippen molar-refractivity contribution in [3.63, 3.8) is 0 Å². The number of hydrogen-bond donors (Lipinski definition) is 0. The van der Waals surface area contributed by atoms with Gasteiger partial charge in [-0.25, -0.2) is 0 Å². The summed E-state index contributed by atoms with van der Waals surface area (Å²) < 4.78 is 39.4. The number of anilines is 1. The number of halogens is 5. The van der Waals surface area contributed by atoms with Crippen LogP contribution in [0.15, 0.2) is 47.5 Å². The average molecular weight is 399 g/mol. The monoisotopic (exact) mass is 398 g/mol. The molecule has 0 saturated carbocycles. The number of benzene rings is 2. The second-order valence-corrected chi connectivity index (χ2v) is 6.74. The van der Waals surface area contributed by atoms with E-state index < -0.39 is 11.7 Å². The molecule has 1 aliphatic heterocycles. The summed E-state index contributed by atoms with van der Waals surface area (Å²) in [7, 11) is 1.84. The third kappa shape index (κ3) is 4.05. The van der Waals surface area contributed by atoms with Crippen LogP contribution in [0, 0.1) is 0 Å². The Hall–Kier alpha value is -1.98. The van der Waals surface area contributed by atoms with Crippen LogP contribution < -0.4 is 4.90 Å². The number of fused-ring (bicyclic) bond motifs is 1. The fourth-order valence-electron chi connectivity index (χ4n) is 2.71. The van der Waals surface area contributed by atoms with Gasteiger partial charge in [0.05, 0.1) is 27.9 Å². The molecule has 7 heteroatoms. The van der Waals surface area contributed by atoms with Gasteiger partial charge in [-0.3, -0.25) is 4.99 Å². The summed E-state index contributed by atoms with van der Waals surface area (Å²) in [6.45, 7) is 1.12. The highest BCUT2D eigenvalue weighted by Gasteiger charge is 2.32. The van der Waals surface area contributed by atoms with Crippen molar-refractivity contribution in [1.29, 1.82) is 0 Å². The number of alkyl halides is 3. The van der Waals surface area contributed by atoms with Crippen molar-refractivity contribution in [2.24, 2.45) is 4.99 Å². The largest absolute Gasteiger partial charge is 0.416 e. The van der Waals surface area contributed by atoms with E-state index in [2.05, 4.69) is 4.99 Å². The highest BCUT2D eigenvalue weighted by atomic mass is 35.5. The molecule has 136 valence electrons. The first-order chi connectivity index (χ1) is 12.3. The summed E-state index contributed by atoms with van der Waals surface area (Å²) in [6, 6.07) is 8.88. The van der Waals surface area contributed by atoms with E-state index in [9.17, 15) is 13.2 Å². The molecule has 1 aliphatic rings. The molecule has 0 N–H and O–H groups in total. The lowest BCUT2D eigenvalue weighted by molar-refractivity contribution is -0.137. The third-order valence-electron chi connectivity index (χ3n) is 4.11. The molecule has 0 saturated heterocycles. The first-order valence-corrected chi connectivity index (χ1v) is 8.61. The zero-order chi connectivity index (χ0) is 18.9. The fourth-order valence-corrected chi connectivity index (χ4v) is 3.02. The molecule has 0 amide bonds. The molecule has 0 radical (unpaired) electrons. The van der Waals surface area contributed by atoms with Crippen LogP contribution in [-0.4, -0.2) is 25.8 Å². The van der Waals surface area contributed by atoms with Crippen molar-refractivity contribution < 1.29 is 13.2 Å². The second-order valence-electron chi connectivity index (χ2n) is 5.93. The number of rotatable bonds is 2. The van der Waals surface area contributed by atoms with E-state index in [1.54, 1.807) is 30.4 Å². The molecule has 0 aromatic heterocycles. The minimum Gasteiger partial charge on any atom is -0.372 e. The van der Waals surface area contributed by atoms with Crippen molar-refractivity contribution in [1.82, 2.24) is 0 Å². The Morgan fingerprint density at radius 2 is 1.81 bits per heavy atom. The summed E-state index contributed by atoms with van der Waals surface area (Å²) in [5.74, 6) is 0. The summed E-state index contributed by atoms with van der Waals surface area (Å²) >= 11 is 11.9. The molecule has 2 aromatic carbocycles. The Morgan fingerprint density at radius 3 is 2.50 bits per heavy atom. The van der Waals surface area contributed by atoms with Crippen molar-refractivity contribution in [3.05, 3.63) is 69.2 Å². The number of aliphatic imine (C=N–C) groups is 1. The quantitative estimate of drug-likeness (QED) is 0.608. The lowest BCUT2D eigenvalue weighted by Gasteiger charge is -2.20. The molecule has 0 spiro atoms. The van der Waals surface area contributed by atoms with Gasteiger partial charge < -0.3 is 4.90 Å². The number of nitrogens with zero attached hydrogens (tertiary/aromatic N) is 2. The van der Waals surface area contributed by atoms with Gasteiger partial charge in [0.15, 0.2) is 0 Å². The number of hydrogen-bond acceptors (Lipinski definition) is 2. The minimum atomic E-state index is -4.40. The Bertz CT molecular complexity index is 889. The number of allylic oxidation sites excluding steroid dienone is 1. The van der Waals surface area contributed by atoms with Crippen molar-refractivity contribution >= 4 is 40.7 Å². The molecule has 0 atom stereocenters. The standard InChI is InChI=1S/C19H15Cl2F3N2/c1-26-9-8-25-17(6-3-12-2-5-15(20)16(21)10-12)14-11-13(19(22,23)24)4-7-18(14)26/h2-7,10-11H,8-9H2,1H3. The van der Waals surface area contributed by atoms with Crippen LogP contribution in [0.1, 0.15) is 16.7 Å². The molecular weight excluding hydrogens is 384 g/mol. The maximum atomic E-state index is 13.1. The van der Waals surface area contributed by atoms with Gasteiger partial charge in [0.1, 0.15) is 0 Å². The molecule has 0 unspecified atom stereocenters. The Labute approximate surface area is 159 Å². The van der Waals surface area contributed by atoms with Gasteiger partial charge in [-0.1, -0.05) is 35.3 Å². The van der Waals surface area contributed by atoms with Gasteiger partial charge in [0.25, 0.3) is 0 Å². The lowest BCUT2D eigenvalue weighted by atomic mass is 10.0. The Kier molecular flexibility index (Phi) is 5.30. The van der Waals surface area contributed by atoms with E-state index in [1.807, 2.05) is 11.9 Å². The highest BCUT2D eigenvalue weighted by molar-refractivity contribution is 6.42. The molecule has 1 heterocycles. The van der Waals surface area contributed by atoms with Crippen LogP contribution in [-0.2, 0) is 6.18 Å². The summed E-state index contributed by atoms with van der Waals surface area (Å²) in [5, 5.41) is 0.855. The third-order valence-corrected chi connectivity index (χ3v) is 4.84. The van der Waals surface area contributed by atoms with Crippen LogP contribution in [0.2, 0.25) is 10.0 Å². The molecule has 26 heavy (non-hydrogen) atoms. The van der Waals surface area contributed by atoms with E-state index in [-0.39, 0.29) is 0 Å². The van der Waals surface area contributed by atoms with Crippen molar-refractivity contribution in [2.75, 3.05) is 25.0 Å². The topological polar surface area (TPSA) is 15.6 Å². The van der Waals surface area contributed by atoms with Gasteiger partial charge in [0, 0.05) is 24.8 Å². The highest BCUT2D eigenvalue weighted by Crippen LogP contribution is 2.34. The normalized spacial score (nSPS) is 15.0. The molecule has 0 aliphatic carbocycles. The van der Waals surface area contributed by atoms with Crippen LogP contribution in [0.25, 0.3) is 6.08 Å². The zero-order valence-corrected chi connectivity index (χ0v) is 15.3. The van der Waals surface area contributed by atoms with E-state index in [0.29, 0.717) is 40.1 Å². The minimum absolute atomic E-state index is 0.413. The second kappa shape index (κ2) is 7.33. The first-order valence-electron chi connectivity index (χ1n) is 7.86. The van der Waals surface area contributed by atoms with E-state index in [0.717, 1.165) is 17.7 Å². The van der Waals surface area contributed by atoms with E-state index in [1.165, 1.54) is 6.07 Å². The van der Waals surface area contributed by atoms with Gasteiger partial charge in [-0.05, 0) is 42.0 Å². The van der Waals surface area contributed by atoms with Crippen LogP contribution in [0.3, 0.4) is 0 Å². The predicted octanol–water partition coefficient (Wildman–Crippen LogP) is 5.96. The zero-order valence-electron chi connectivity index (χ0n) is 13.8. The lowest BCUT2D eigenvalue weighted by Crippen LogP contribution is -2.20. The molecule has 3 rings (SSSR count). The van der Waals surface area contributed by atoms with Gasteiger partial charge in [0.2, 0.25) is 0 Å². The van der Waals surface area contributed by atoms with Crippen LogP contribution in [0.4, 0.5) is 18.9 Å². The summed E-state index contributed by atoms with van der Waals surface area (Å²) in [5.41, 5.74) is 1.76. The summed E-state index contributed by atoms with van der Waals surface area (Å²) in [6.07, 6.45) is -0.938. The predicted molar refractivity (Wildman–Crippen MR) is 102 cm³/mol. The van der Waals surface area contributed by atoms with Crippen LogP contribution >= 0.6 is 23.2 Å². The van der Waals surface area contributed by atoms with Crippen molar-refractivity contribution in [2.45, 2.75) is 6.18 Å². The Balaban J connectivity index is 2.02. The number of benzodiazepines with no additional fused rings is 1. The fraction of sp³-hybridized carbons (Fsp3) is 0.211. The van der Waals surface area contributed by atoms with Crippen LogP contribution in [0.5, 0.6) is 0 Å². The van der Waals surface area contributed by atoms with E-state index in [4.69, 9.17) is 23.2 Å². The summed E-state index contributed by atoms with van der Waals surface area (Å²) in [4.78, 5) is 6.36. The van der Waals surface area contributed by atoms with E-state index >= 15 is 0 Å². The SMILES string of the molecule is CN1CCN=C(C=Cc2ccc(Cl)c(Cl)c2)c2cc(C(F)(F)F)ccc21. The van der Waals surface area contributed by atoms with Gasteiger partial charge >= 0.3 is 6.18 Å². The smallest absolute Gasteiger partial charge is 0.372 e. The van der Waals surface area contributed by atoms with Gasteiger partial charge in [-0.15, -0.1) is 0 Å². The van der Waals surface area contributed by atoms with Gasteiger partial charge in [-0.2, -0.15) is 13.2 Å². The molecular formula is C19H15Cl2F3N2. The maximum Gasteiger partial charge on any atom is 0.416 e. The maximum absolute atomic E-state index is 13.1. The first kappa shape index (κ1) is 18.8. The molecule has 0 fully saturated rings. The number of likely N-dealkylation sites (N-methyl/N-ethyl adjacent to an activating group) is 1.